The molecular formula is C23H26N2O6. The van der Waals surface area contributed by atoms with Crippen LogP contribution >= 0.6 is 0 Å². The number of nitrogens with zero attached hydrogens (tertiary/aromatic N) is 2. The zero-order chi connectivity index (χ0) is 21.8. The largest absolute Gasteiger partial charge is 0.469 e. The summed E-state index contributed by atoms with van der Waals surface area (Å²) in [5.41, 5.74) is 1.53. The molecule has 0 N–H and O–H groups in total. The number of hydrogen-bond donors (Lipinski definition) is 0. The summed E-state index contributed by atoms with van der Waals surface area (Å²) < 4.78 is 23.0. The molecule has 2 aliphatic rings. The first-order chi connectivity index (χ1) is 14.9. The Morgan fingerprint density at radius 1 is 1.19 bits per heavy atom. The van der Waals surface area contributed by atoms with Crippen LogP contribution in [0, 0.1) is 10.1 Å². The maximum absolute atomic E-state index is 12.3. The summed E-state index contributed by atoms with van der Waals surface area (Å²) >= 11 is 0. The Balaban J connectivity index is 1.83. The summed E-state index contributed by atoms with van der Waals surface area (Å²) in [6.07, 6.45) is 4.02. The van der Waals surface area contributed by atoms with Gasteiger partial charge in [-0.3, -0.25) is 10.1 Å². The van der Waals surface area contributed by atoms with Gasteiger partial charge in [0, 0.05) is 26.9 Å². The maximum atomic E-state index is 12.3. The van der Waals surface area contributed by atoms with E-state index in [0.717, 1.165) is 11.3 Å². The van der Waals surface area contributed by atoms with Crippen molar-refractivity contribution < 1.29 is 23.6 Å². The highest BCUT2D eigenvalue weighted by Crippen LogP contribution is 2.40. The third-order valence-corrected chi connectivity index (χ3v) is 5.37. The lowest BCUT2D eigenvalue weighted by Gasteiger charge is -2.43. The van der Waals surface area contributed by atoms with Gasteiger partial charge in [-0.05, 0) is 17.7 Å². The molecule has 0 amide bonds. The lowest BCUT2D eigenvalue weighted by molar-refractivity contribution is -0.431. The Kier molecular flexibility index (Phi) is 6.11. The zero-order valence-electron chi connectivity index (χ0n) is 17.6. The van der Waals surface area contributed by atoms with Crippen molar-refractivity contribution in [2.45, 2.75) is 31.7 Å². The van der Waals surface area contributed by atoms with Gasteiger partial charge in [0.1, 0.15) is 24.0 Å². The van der Waals surface area contributed by atoms with E-state index in [4.69, 9.17) is 18.6 Å². The zero-order valence-corrected chi connectivity index (χ0v) is 17.6. The molecule has 3 heterocycles. The Bertz CT molecular complexity index is 946. The summed E-state index contributed by atoms with van der Waals surface area (Å²) in [5, 5.41) is 12.3. The Morgan fingerprint density at radius 3 is 2.58 bits per heavy atom. The molecule has 0 saturated carbocycles. The topological polar surface area (TPSA) is 87.2 Å². The third kappa shape index (κ3) is 4.81. The summed E-state index contributed by atoms with van der Waals surface area (Å²) in [4.78, 5) is 14.0. The monoisotopic (exact) mass is 426 g/mol. The molecule has 1 aromatic heterocycles. The Morgan fingerprint density at radius 2 is 1.94 bits per heavy atom. The molecule has 164 valence electrons. The predicted molar refractivity (Wildman–Crippen MR) is 113 cm³/mol. The average Bonchev–Trinajstić information content (AvgIpc) is 3.27. The molecule has 2 aliphatic heterocycles. The minimum atomic E-state index is -0.931. The molecule has 8 heteroatoms. The minimum absolute atomic E-state index is 0.0111. The molecule has 2 atom stereocenters. The van der Waals surface area contributed by atoms with Gasteiger partial charge in [-0.1, -0.05) is 30.3 Å². The second-order valence-electron chi connectivity index (χ2n) is 7.93. The average molecular weight is 426 g/mol. The van der Waals surface area contributed by atoms with E-state index in [1.54, 1.807) is 32.2 Å². The van der Waals surface area contributed by atoms with Crippen LogP contribution in [0.1, 0.15) is 31.1 Å². The molecular weight excluding hydrogens is 400 g/mol. The smallest absolute Gasteiger partial charge is 0.260 e. The van der Waals surface area contributed by atoms with E-state index < -0.39 is 17.8 Å². The molecule has 0 aliphatic carbocycles. The lowest BCUT2D eigenvalue weighted by atomic mass is 9.87. The van der Waals surface area contributed by atoms with Crippen LogP contribution in [0.25, 0.3) is 6.08 Å². The van der Waals surface area contributed by atoms with Crippen LogP contribution < -0.4 is 0 Å². The van der Waals surface area contributed by atoms with Crippen LogP contribution in [-0.2, 0) is 14.2 Å². The van der Waals surface area contributed by atoms with Crippen molar-refractivity contribution in [3.05, 3.63) is 87.8 Å². The quantitative estimate of drug-likeness (QED) is 0.509. The van der Waals surface area contributed by atoms with E-state index in [0.29, 0.717) is 32.1 Å². The molecule has 4 rings (SSSR count). The summed E-state index contributed by atoms with van der Waals surface area (Å²) in [6.45, 7) is 6.08. The van der Waals surface area contributed by atoms with Crippen LogP contribution in [0.4, 0.5) is 0 Å². The molecule has 1 aromatic carbocycles. The standard InChI is InChI=1S/C23H26N2O6/c1-23(2)30-16-20(24-10-13-28-14-11-24)22(31-23)21(17-7-4-3-5-8-17)19(25(26)27)15-18-9-6-12-29-18/h3-9,12,15-16,21-22H,10-11,13-14H2,1-2H3/b19-15-/t21-,22?/m1/s1. The molecule has 1 saturated heterocycles. The highest BCUT2D eigenvalue weighted by atomic mass is 16.7. The number of ether oxygens (including phenoxy) is 3. The first-order valence-electron chi connectivity index (χ1n) is 10.3. The fourth-order valence-electron chi connectivity index (χ4n) is 3.91. The minimum Gasteiger partial charge on any atom is -0.469 e. The molecule has 1 unspecified atom stereocenters. The lowest BCUT2D eigenvalue weighted by Crippen LogP contribution is -2.48. The third-order valence-electron chi connectivity index (χ3n) is 5.37. The van der Waals surface area contributed by atoms with Crippen LogP contribution in [0.2, 0.25) is 0 Å². The highest BCUT2D eigenvalue weighted by molar-refractivity contribution is 5.49. The van der Waals surface area contributed by atoms with E-state index in [9.17, 15) is 10.1 Å². The SMILES string of the molecule is CC1(C)OC=C(N2CCOCC2)C([C@@H](/C(=C/c2ccco2)[N+](=O)[O-])c2ccccc2)O1. The first kappa shape index (κ1) is 21.1. The summed E-state index contributed by atoms with van der Waals surface area (Å²) in [5.74, 6) is -1.20. The van der Waals surface area contributed by atoms with Crippen LogP contribution in [-0.4, -0.2) is 48.0 Å². The number of furan rings is 1. The van der Waals surface area contributed by atoms with E-state index >= 15 is 0 Å². The van der Waals surface area contributed by atoms with Gasteiger partial charge in [0.05, 0.1) is 36.2 Å². The molecule has 1 fully saturated rings. The molecule has 0 spiro atoms. The van der Waals surface area contributed by atoms with Gasteiger partial charge >= 0.3 is 0 Å². The van der Waals surface area contributed by atoms with Gasteiger partial charge < -0.3 is 23.5 Å². The van der Waals surface area contributed by atoms with Crippen molar-refractivity contribution in [1.82, 2.24) is 4.90 Å². The van der Waals surface area contributed by atoms with Crippen molar-refractivity contribution in [3.8, 4) is 0 Å². The van der Waals surface area contributed by atoms with Gasteiger partial charge in [0.15, 0.2) is 0 Å². The molecule has 8 nitrogen and oxygen atoms in total. The van der Waals surface area contributed by atoms with Crippen molar-refractivity contribution >= 4 is 6.08 Å². The Hall–Kier alpha value is -3.10. The van der Waals surface area contributed by atoms with Gasteiger partial charge in [-0.2, -0.15) is 0 Å². The summed E-state index contributed by atoms with van der Waals surface area (Å²) in [7, 11) is 0. The first-order valence-corrected chi connectivity index (χ1v) is 10.3. The Labute approximate surface area is 180 Å². The van der Waals surface area contributed by atoms with E-state index in [1.165, 1.54) is 12.3 Å². The number of morpholine rings is 1. The van der Waals surface area contributed by atoms with Gasteiger partial charge in [-0.25, -0.2) is 0 Å². The molecule has 31 heavy (non-hydrogen) atoms. The fraction of sp³-hybridized carbons (Fsp3) is 0.391. The fourth-order valence-corrected chi connectivity index (χ4v) is 3.91. The second-order valence-corrected chi connectivity index (χ2v) is 7.93. The van der Waals surface area contributed by atoms with Gasteiger partial charge in [-0.15, -0.1) is 0 Å². The van der Waals surface area contributed by atoms with Crippen LogP contribution in [0.15, 0.2) is 70.8 Å². The highest BCUT2D eigenvalue weighted by Gasteiger charge is 2.45. The normalized spacial score (nSPS) is 22.4. The number of nitro groups is 1. The van der Waals surface area contributed by atoms with E-state index in [-0.39, 0.29) is 10.6 Å². The number of rotatable bonds is 6. The number of hydrogen-bond acceptors (Lipinski definition) is 7. The van der Waals surface area contributed by atoms with Gasteiger partial charge in [0.2, 0.25) is 5.79 Å². The van der Waals surface area contributed by atoms with E-state index in [1.807, 2.05) is 30.3 Å². The molecule has 0 bridgehead atoms. The second kappa shape index (κ2) is 8.95. The van der Waals surface area contributed by atoms with Crippen molar-refractivity contribution in [3.63, 3.8) is 0 Å². The van der Waals surface area contributed by atoms with Crippen molar-refractivity contribution in [2.24, 2.45) is 0 Å². The summed E-state index contributed by atoms with van der Waals surface area (Å²) in [6, 6.07) is 12.8. The van der Waals surface area contributed by atoms with Gasteiger partial charge in [0.25, 0.3) is 5.70 Å². The predicted octanol–water partition coefficient (Wildman–Crippen LogP) is 4.01. The molecule has 2 aromatic rings. The van der Waals surface area contributed by atoms with E-state index in [2.05, 4.69) is 4.90 Å². The van der Waals surface area contributed by atoms with Crippen molar-refractivity contribution in [2.75, 3.05) is 26.3 Å². The van der Waals surface area contributed by atoms with Crippen LogP contribution in [0.3, 0.4) is 0 Å². The van der Waals surface area contributed by atoms with Crippen molar-refractivity contribution in [1.29, 1.82) is 0 Å². The molecule has 0 radical (unpaired) electrons. The maximum Gasteiger partial charge on any atom is 0.260 e. The number of benzene rings is 1. The van der Waals surface area contributed by atoms with Crippen LogP contribution in [0.5, 0.6) is 0 Å².